The Morgan fingerprint density at radius 2 is 1.81 bits per heavy atom. The zero-order chi connectivity index (χ0) is 21.8. The minimum Gasteiger partial charge on any atom is -0.459 e. The predicted molar refractivity (Wildman–Crippen MR) is 122 cm³/mol. The molecule has 160 valence electrons. The molecule has 31 heavy (non-hydrogen) atoms. The molecule has 0 bridgehead atoms. The van der Waals surface area contributed by atoms with Crippen LogP contribution in [0, 0.1) is 0 Å². The van der Waals surface area contributed by atoms with Gasteiger partial charge in [-0.1, -0.05) is 41.9 Å². The van der Waals surface area contributed by atoms with E-state index in [9.17, 15) is 13.2 Å². The van der Waals surface area contributed by atoms with E-state index in [0.29, 0.717) is 23.0 Å². The Morgan fingerprint density at radius 1 is 1.06 bits per heavy atom. The van der Waals surface area contributed by atoms with Crippen LogP contribution in [0.1, 0.15) is 17.7 Å². The van der Waals surface area contributed by atoms with E-state index < -0.39 is 9.84 Å². The van der Waals surface area contributed by atoms with Gasteiger partial charge in [-0.05, 0) is 54.5 Å². The number of carbonyl (C=O) groups is 1. The van der Waals surface area contributed by atoms with Crippen LogP contribution in [0.15, 0.2) is 77.2 Å². The van der Waals surface area contributed by atoms with Crippen LogP contribution >= 0.6 is 11.6 Å². The van der Waals surface area contributed by atoms with Gasteiger partial charge in [0.05, 0.1) is 18.1 Å². The fourth-order valence-electron chi connectivity index (χ4n) is 3.64. The Morgan fingerprint density at radius 3 is 2.48 bits per heavy atom. The summed E-state index contributed by atoms with van der Waals surface area (Å²) in [7, 11) is -3.14. The lowest BCUT2D eigenvalue weighted by molar-refractivity contribution is -0.128. The number of furan rings is 1. The van der Waals surface area contributed by atoms with Crippen LogP contribution in [0.3, 0.4) is 0 Å². The highest BCUT2D eigenvalue weighted by Gasteiger charge is 2.34. The summed E-state index contributed by atoms with van der Waals surface area (Å²) in [5.74, 6) is 1.09. The number of amides is 1. The smallest absolute Gasteiger partial charge is 0.247 e. The number of sulfone groups is 1. The normalized spacial score (nSPS) is 17.8. The van der Waals surface area contributed by atoms with E-state index in [4.69, 9.17) is 16.0 Å². The van der Waals surface area contributed by atoms with Crippen molar-refractivity contribution in [2.45, 2.75) is 19.0 Å². The second-order valence-corrected chi connectivity index (χ2v) is 10.2. The molecule has 0 N–H and O–H groups in total. The summed E-state index contributed by atoms with van der Waals surface area (Å²) in [4.78, 5) is 14.6. The number of halogens is 1. The molecule has 5 nitrogen and oxygen atoms in total. The lowest BCUT2D eigenvalue weighted by Crippen LogP contribution is -2.39. The summed E-state index contributed by atoms with van der Waals surface area (Å²) >= 11 is 5.95. The van der Waals surface area contributed by atoms with E-state index in [2.05, 4.69) is 0 Å². The molecule has 1 aromatic heterocycles. The topological polar surface area (TPSA) is 67.6 Å². The molecule has 0 spiro atoms. The molecule has 0 unspecified atom stereocenters. The Bertz CT molecular complexity index is 1180. The van der Waals surface area contributed by atoms with E-state index in [1.165, 1.54) is 6.08 Å². The van der Waals surface area contributed by atoms with Crippen molar-refractivity contribution in [2.75, 3.05) is 11.5 Å². The van der Waals surface area contributed by atoms with Crippen molar-refractivity contribution in [3.63, 3.8) is 0 Å². The van der Waals surface area contributed by atoms with E-state index in [-0.39, 0.29) is 30.0 Å². The van der Waals surface area contributed by atoms with Crippen LogP contribution in [0.25, 0.3) is 17.4 Å². The largest absolute Gasteiger partial charge is 0.459 e. The molecule has 1 aliphatic rings. The molecule has 0 aliphatic carbocycles. The number of nitrogens with zero attached hydrogens (tertiary/aromatic N) is 1. The third-order valence-corrected chi connectivity index (χ3v) is 7.27. The Kier molecular flexibility index (Phi) is 6.30. The van der Waals surface area contributed by atoms with Crippen LogP contribution in [-0.4, -0.2) is 36.8 Å². The molecule has 3 aromatic rings. The molecule has 4 rings (SSSR count). The van der Waals surface area contributed by atoms with Crippen molar-refractivity contribution < 1.29 is 17.6 Å². The quantitative estimate of drug-likeness (QED) is 0.499. The summed E-state index contributed by atoms with van der Waals surface area (Å²) in [5, 5.41) is 0.639. The van der Waals surface area contributed by atoms with Crippen molar-refractivity contribution in [1.82, 2.24) is 4.90 Å². The Hall–Kier alpha value is -2.83. The first-order chi connectivity index (χ1) is 14.9. The van der Waals surface area contributed by atoms with Gasteiger partial charge in [-0.15, -0.1) is 0 Å². The predicted octanol–water partition coefficient (Wildman–Crippen LogP) is 4.83. The van der Waals surface area contributed by atoms with Crippen LogP contribution in [0.5, 0.6) is 0 Å². The zero-order valence-electron chi connectivity index (χ0n) is 16.8. The summed E-state index contributed by atoms with van der Waals surface area (Å²) in [6, 6.07) is 20.1. The maximum absolute atomic E-state index is 13.0. The molecular weight excluding hydrogens is 434 g/mol. The first kappa shape index (κ1) is 21.4. The van der Waals surface area contributed by atoms with Crippen LogP contribution < -0.4 is 0 Å². The van der Waals surface area contributed by atoms with Crippen LogP contribution in [0.4, 0.5) is 0 Å². The number of carbonyl (C=O) groups excluding carboxylic acids is 1. The first-order valence-electron chi connectivity index (χ1n) is 9.98. The highest BCUT2D eigenvalue weighted by atomic mass is 35.5. The van der Waals surface area contributed by atoms with Gasteiger partial charge in [0.2, 0.25) is 5.91 Å². The molecule has 7 heteroatoms. The van der Waals surface area contributed by atoms with E-state index in [1.54, 1.807) is 23.1 Å². The summed E-state index contributed by atoms with van der Waals surface area (Å²) < 4.78 is 30.0. The third kappa shape index (κ3) is 5.46. The van der Waals surface area contributed by atoms with E-state index in [1.807, 2.05) is 54.6 Å². The lowest BCUT2D eigenvalue weighted by Gasteiger charge is -2.26. The van der Waals surface area contributed by atoms with Crippen LogP contribution in [-0.2, 0) is 21.2 Å². The molecule has 1 saturated heterocycles. The van der Waals surface area contributed by atoms with E-state index >= 15 is 0 Å². The lowest BCUT2D eigenvalue weighted by atomic mass is 10.1. The third-order valence-electron chi connectivity index (χ3n) is 5.27. The second kappa shape index (κ2) is 9.12. The number of rotatable bonds is 6. The molecule has 2 heterocycles. The Labute approximate surface area is 186 Å². The van der Waals surface area contributed by atoms with Gasteiger partial charge in [-0.3, -0.25) is 4.79 Å². The maximum Gasteiger partial charge on any atom is 0.247 e. The van der Waals surface area contributed by atoms with Crippen molar-refractivity contribution in [3.05, 3.63) is 89.2 Å². The number of hydrogen-bond acceptors (Lipinski definition) is 4. The molecule has 0 radical (unpaired) electrons. The molecule has 2 aromatic carbocycles. The molecule has 0 saturated carbocycles. The molecule has 1 amide bonds. The second-order valence-electron chi connectivity index (χ2n) is 7.54. The van der Waals surface area contributed by atoms with Gasteiger partial charge >= 0.3 is 0 Å². The first-order valence-corrected chi connectivity index (χ1v) is 12.2. The van der Waals surface area contributed by atoms with Crippen molar-refractivity contribution in [2.24, 2.45) is 0 Å². The summed E-state index contributed by atoms with van der Waals surface area (Å²) in [6.07, 6.45) is 3.65. The SMILES string of the molecule is O=C(/C=C/c1ccccc1)N(Cc1ccc(-c2ccc(Cl)cc2)o1)[C@H]1CCS(=O)(=O)C1. The fraction of sp³-hybridized carbons (Fsp3) is 0.208. The van der Waals surface area contributed by atoms with Gasteiger partial charge in [0, 0.05) is 22.7 Å². The summed E-state index contributed by atoms with van der Waals surface area (Å²) in [5.41, 5.74) is 1.78. The number of benzene rings is 2. The highest BCUT2D eigenvalue weighted by Crippen LogP contribution is 2.26. The minimum atomic E-state index is -3.14. The van der Waals surface area contributed by atoms with Gasteiger partial charge in [-0.25, -0.2) is 8.42 Å². The van der Waals surface area contributed by atoms with Gasteiger partial charge in [0.25, 0.3) is 0 Å². The number of hydrogen-bond donors (Lipinski definition) is 0. The zero-order valence-corrected chi connectivity index (χ0v) is 18.4. The van der Waals surface area contributed by atoms with Gasteiger partial charge < -0.3 is 9.32 Å². The fourth-order valence-corrected chi connectivity index (χ4v) is 5.49. The van der Waals surface area contributed by atoms with Gasteiger partial charge in [0.1, 0.15) is 11.5 Å². The van der Waals surface area contributed by atoms with E-state index in [0.717, 1.165) is 11.1 Å². The average molecular weight is 456 g/mol. The van der Waals surface area contributed by atoms with Crippen molar-refractivity contribution >= 4 is 33.4 Å². The van der Waals surface area contributed by atoms with Crippen molar-refractivity contribution in [1.29, 1.82) is 0 Å². The molecule has 1 aliphatic heterocycles. The molecule has 1 fully saturated rings. The van der Waals surface area contributed by atoms with Gasteiger partial charge in [-0.2, -0.15) is 0 Å². The molecular formula is C24H22ClNO4S. The Balaban J connectivity index is 1.55. The average Bonchev–Trinajstić information content (AvgIpc) is 3.37. The van der Waals surface area contributed by atoms with Crippen LogP contribution in [0.2, 0.25) is 5.02 Å². The van der Waals surface area contributed by atoms with Gasteiger partial charge in [0.15, 0.2) is 9.84 Å². The minimum absolute atomic E-state index is 0.0251. The standard InChI is InChI=1S/C24H22ClNO4S/c25-20-9-7-19(8-10-20)23-12-11-22(30-23)16-26(21-14-15-31(28,29)17-21)24(27)13-6-18-4-2-1-3-5-18/h1-13,21H,14-17H2/b13-6+/t21-/m0/s1. The highest BCUT2D eigenvalue weighted by molar-refractivity contribution is 7.91. The summed E-state index contributed by atoms with van der Waals surface area (Å²) in [6.45, 7) is 0.200. The molecule has 1 atom stereocenters. The maximum atomic E-state index is 13.0. The van der Waals surface area contributed by atoms with Crippen molar-refractivity contribution in [3.8, 4) is 11.3 Å². The monoisotopic (exact) mass is 455 g/mol.